The first-order valence-corrected chi connectivity index (χ1v) is 9.00. The van der Waals surface area contributed by atoms with Crippen LogP contribution >= 0.6 is 23.5 Å². The molecule has 96 valence electrons. The highest BCUT2D eigenvalue weighted by Crippen LogP contribution is 2.34. The zero-order chi connectivity index (χ0) is 11.7. The summed E-state index contributed by atoms with van der Waals surface area (Å²) < 4.78 is 0. The molecule has 0 saturated carbocycles. The van der Waals surface area contributed by atoms with Gasteiger partial charge in [-0.15, -0.1) is 0 Å². The van der Waals surface area contributed by atoms with E-state index in [9.17, 15) is 4.79 Å². The number of rotatable bonds is 2. The first-order valence-electron chi connectivity index (χ1n) is 6.80. The van der Waals surface area contributed by atoms with Crippen LogP contribution in [0.4, 0.5) is 0 Å². The summed E-state index contributed by atoms with van der Waals surface area (Å²) in [5.41, 5.74) is 0. The third-order valence-corrected chi connectivity index (χ3v) is 7.07. The lowest BCUT2D eigenvalue weighted by molar-refractivity contribution is -0.127. The molecular weight excluding hydrogens is 250 g/mol. The lowest BCUT2D eigenvalue weighted by atomic mass is 9.84. The van der Waals surface area contributed by atoms with Crippen LogP contribution in [0, 0.1) is 0 Å². The molecule has 3 saturated heterocycles. The quantitative estimate of drug-likeness (QED) is 0.768. The molecule has 0 radical (unpaired) electrons. The van der Waals surface area contributed by atoms with E-state index in [0.717, 1.165) is 18.1 Å². The van der Waals surface area contributed by atoms with Crippen LogP contribution in [-0.2, 0) is 4.79 Å². The van der Waals surface area contributed by atoms with Gasteiger partial charge < -0.3 is 0 Å². The minimum atomic E-state index is 0.515. The number of fused-ring (bicyclic) bond motifs is 2. The van der Waals surface area contributed by atoms with Crippen LogP contribution in [0.5, 0.6) is 0 Å². The summed E-state index contributed by atoms with van der Waals surface area (Å²) in [6.07, 6.45) is 5.52. The minimum absolute atomic E-state index is 0.515. The lowest BCUT2D eigenvalue weighted by Crippen LogP contribution is -2.54. The predicted molar refractivity (Wildman–Crippen MR) is 75.9 cm³/mol. The van der Waals surface area contributed by atoms with Crippen LogP contribution in [-0.4, -0.2) is 51.8 Å². The van der Waals surface area contributed by atoms with Gasteiger partial charge in [0.1, 0.15) is 5.78 Å². The Kier molecular flexibility index (Phi) is 4.03. The molecule has 2 nitrogen and oxygen atoms in total. The van der Waals surface area contributed by atoms with E-state index >= 15 is 0 Å². The molecule has 3 unspecified atom stereocenters. The van der Waals surface area contributed by atoms with Gasteiger partial charge in [0.25, 0.3) is 0 Å². The smallest absolute Gasteiger partial charge is 0.136 e. The van der Waals surface area contributed by atoms with Gasteiger partial charge in [0.15, 0.2) is 0 Å². The molecule has 3 rings (SSSR count). The number of carbonyl (C=O) groups is 1. The number of hydrogen-bond donors (Lipinski definition) is 0. The third kappa shape index (κ3) is 2.85. The molecule has 3 fully saturated rings. The highest BCUT2D eigenvalue weighted by Gasteiger charge is 2.38. The number of ketones is 1. The Morgan fingerprint density at radius 1 is 1.18 bits per heavy atom. The largest absolute Gasteiger partial charge is 0.300 e. The zero-order valence-electron chi connectivity index (χ0n) is 10.3. The monoisotopic (exact) mass is 271 g/mol. The second-order valence-corrected chi connectivity index (χ2v) is 8.01. The van der Waals surface area contributed by atoms with Crippen molar-refractivity contribution in [3.8, 4) is 0 Å². The van der Waals surface area contributed by atoms with Crippen molar-refractivity contribution >= 4 is 29.3 Å². The highest BCUT2D eigenvalue weighted by atomic mass is 32.2. The van der Waals surface area contributed by atoms with E-state index in [1.165, 1.54) is 43.1 Å². The van der Waals surface area contributed by atoms with Gasteiger partial charge in [-0.05, 0) is 12.8 Å². The molecule has 3 aliphatic rings. The van der Waals surface area contributed by atoms with E-state index in [0.29, 0.717) is 17.9 Å². The molecule has 3 heterocycles. The molecule has 0 amide bonds. The van der Waals surface area contributed by atoms with E-state index in [1.54, 1.807) is 0 Å². The lowest BCUT2D eigenvalue weighted by Gasteiger charge is -2.47. The fourth-order valence-electron chi connectivity index (χ4n) is 3.44. The third-order valence-electron chi connectivity index (χ3n) is 4.24. The molecule has 17 heavy (non-hydrogen) atoms. The van der Waals surface area contributed by atoms with Crippen LogP contribution in [0.1, 0.15) is 32.1 Å². The molecule has 0 aromatic heterocycles. The van der Waals surface area contributed by atoms with E-state index < -0.39 is 0 Å². The Bertz CT molecular complexity index is 275. The van der Waals surface area contributed by atoms with Crippen molar-refractivity contribution in [2.75, 3.05) is 23.8 Å². The Balaban J connectivity index is 1.63. The second-order valence-electron chi connectivity index (χ2n) is 5.45. The van der Waals surface area contributed by atoms with Crippen molar-refractivity contribution in [1.29, 1.82) is 0 Å². The van der Waals surface area contributed by atoms with Gasteiger partial charge in [-0.1, -0.05) is 6.42 Å². The number of piperidine rings is 2. The van der Waals surface area contributed by atoms with Crippen molar-refractivity contribution in [1.82, 2.24) is 4.90 Å². The highest BCUT2D eigenvalue weighted by molar-refractivity contribution is 8.06. The first kappa shape index (κ1) is 12.4. The Morgan fingerprint density at radius 3 is 2.59 bits per heavy atom. The van der Waals surface area contributed by atoms with Crippen molar-refractivity contribution in [2.24, 2.45) is 0 Å². The summed E-state index contributed by atoms with van der Waals surface area (Å²) in [5, 5.41) is 0.810. The summed E-state index contributed by atoms with van der Waals surface area (Å²) in [6.45, 7) is 1.24. The Labute approximate surface area is 112 Å². The van der Waals surface area contributed by atoms with E-state index in [1.807, 2.05) is 0 Å². The van der Waals surface area contributed by atoms with Crippen molar-refractivity contribution in [2.45, 2.75) is 49.4 Å². The molecule has 4 heteroatoms. The normalized spacial score (nSPS) is 39.3. The summed E-state index contributed by atoms with van der Waals surface area (Å²) in [7, 11) is 0. The van der Waals surface area contributed by atoms with Crippen LogP contribution in [0.15, 0.2) is 0 Å². The van der Waals surface area contributed by atoms with E-state index in [2.05, 4.69) is 28.4 Å². The van der Waals surface area contributed by atoms with E-state index in [4.69, 9.17) is 0 Å². The molecule has 2 bridgehead atoms. The van der Waals surface area contributed by atoms with Crippen LogP contribution < -0.4 is 0 Å². The summed E-state index contributed by atoms with van der Waals surface area (Å²) in [6, 6.07) is 1.17. The topological polar surface area (TPSA) is 20.3 Å². The first-order chi connectivity index (χ1) is 8.33. The predicted octanol–water partition coefficient (Wildman–Crippen LogP) is 2.42. The average molecular weight is 271 g/mol. The molecule has 0 aromatic rings. The molecule has 0 aliphatic carbocycles. The summed E-state index contributed by atoms with van der Waals surface area (Å²) >= 11 is 4.25. The van der Waals surface area contributed by atoms with Gasteiger partial charge in [0.05, 0.1) is 0 Å². The number of Topliss-reactive ketones (excluding diaryl/α,β-unsaturated/α-hetero) is 1. The maximum Gasteiger partial charge on any atom is 0.136 e. The second kappa shape index (κ2) is 5.54. The zero-order valence-corrected chi connectivity index (χ0v) is 11.9. The fraction of sp³-hybridized carbons (Fsp3) is 0.923. The van der Waals surface area contributed by atoms with Crippen molar-refractivity contribution in [3.05, 3.63) is 0 Å². The molecule has 0 N–H and O–H groups in total. The molecule has 3 atom stereocenters. The number of nitrogens with zero attached hydrogens (tertiary/aromatic N) is 1. The number of hydrogen-bond acceptors (Lipinski definition) is 4. The van der Waals surface area contributed by atoms with E-state index in [-0.39, 0.29) is 0 Å². The molecule has 0 aromatic carbocycles. The fourth-order valence-corrected chi connectivity index (χ4v) is 6.12. The SMILES string of the molecule is O=C1CC2CCCC(C1)N2CC1CSCCS1. The van der Waals surface area contributed by atoms with Crippen molar-refractivity contribution < 1.29 is 4.79 Å². The van der Waals surface area contributed by atoms with Gasteiger partial charge in [-0.2, -0.15) is 23.5 Å². The van der Waals surface area contributed by atoms with Gasteiger partial charge in [0, 0.05) is 54.0 Å². The molecule has 0 spiro atoms. The molecule has 3 aliphatic heterocycles. The molecular formula is C13H21NOS2. The standard InChI is InChI=1S/C13H21NOS2/c15-12-6-10-2-1-3-11(7-12)14(10)8-13-9-16-4-5-17-13/h10-11,13H,1-9H2. The maximum absolute atomic E-state index is 11.7. The summed E-state index contributed by atoms with van der Waals surface area (Å²) in [5.74, 6) is 4.47. The Hall–Kier alpha value is 0.330. The minimum Gasteiger partial charge on any atom is -0.300 e. The average Bonchev–Trinajstić information content (AvgIpc) is 2.32. The van der Waals surface area contributed by atoms with Crippen molar-refractivity contribution in [3.63, 3.8) is 0 Å². The maximum atomic E-state index is 11.7. The summed E-state index contributed by atoms with van der Waals surface area (Å²) in [4.78, 5) is 14.4. The van der Waals surface area contributed by atoms with Crippen LogP contribution in [0.3, 0.4) is 0 Å². The van der Waals surface area contributed by atoms with Crippen LogP contribution in [0.2, 0.25) is 0 Å². The van der Waals surface area contributed by atoms with Gasteiger partial charge >= 0.3 is 0 Å². The van der Waals surface area contributed by atoms with Gasteiger partial charge in [-0.25, -0.2) is 0 Å². The van der Waals surface area contributed by atoms with Crippen LogP contribution in [0.25, 0.3) is 0 Å². The number of carbonyl (C=O) groups excluding carboxylic acids is 1. The van der Waals surface area contributed by atoms with Gasteiger partial charge in [0.2, 0.25) is 0 Å². The van der Waals surface area contributed by atoms with Gasteiger partial charge in [-0.3, -0.25) is 9.69 Å². The Morgan fingerprint density at radius 2 is 1.94 bits per heavy atom. The number of thioether (sulfide) groups is 2.